The molecule has 0 saturated heterocycles. The normalized spacial score (nSPS) is 24.0. The third-order valence-corrected chi connectivity index (χ3v) is 6.78. The minimum atomic E-state index is -4.77. The second kappa shape index (κ2) is 8.87. The Bertz CT molecular complexity index is 1250. The summed E-state index contributed by atoms with van der Waals surface area (Å²) in [6.45, 7) is 1.43. The molecule has 0 bridgehead atoms. The molecule has 4 rings (SSSR count). The predicted octanol–water partition coefficient (Wildman–Crippen LogP) is 5.74. The number of para-hydroxylation sites is 1. The second-order valence-electron chi connectivity index (χ2n) is 8.85. The lowest BCUT2D eigenvalue weighted by Crippen LogP contribution is -2.44. The molecule has 3 atom stereocenters. The third kappa shape index (κ3) is 4.54. The molecule has 2 aromatic rings. The second-order valence-corrected chi connectivity index (χ2v) is 8.85. The van der Waals surface area contributed by atoms with E-state index in [2.05, 4.69) is 0 Å². The highest BCUT2D eigenvalue weighted by molar-refractivity contribution is 5.97. The Labute approximate surface area is 198 Å². The van der Waals surface area contributed by atoms with Crippen LogP contribution in [0, 0.1) is 17.2 Å². The number of hydrogen-bond acceptors (Lipinski definition) is 3. The van der Waals surface area contributed by atoms with Crippen molar-refractivity contribution in [2.24, 2.45) is 11.3 Å². The van der Waals surface area contributed by atoms with Gasteiger partial charge < -0.3 is 14.9 Å². The number of rotatable bonds is 5. The Kier molecular flexibility index (Phi) is 6.21. The Hall–Kier alpha value is -3.62. The van der Waals surface area contributed by atoms with Gasteiger partial charge in [0.1, 0.15) is 17.7 Å². The summed E-state index contributed by atoms with van der Waals surface area (Å²) in [7, 11) is 0. The van der Waals surface area contributed by atoms with Crippen molar-refractivity contribution in [2.45, 2.75) is 38.5 Å². The van der Waals surface area contributed by atoms with Gasteiger partial charge in [0, 0.05) is 23.5 Å². The molecule has 2 aliphatic rings. The van der Waals surface area contributed by atoms with Crippen LogP contribution in [0.25, 0.3) is 5.57 Å². The highest BCUT2D eigenvalue weighted by Gasteiger charge is 2.49. The first-order valence-corrected chi connectivity index (χ1v) is 10.9. The van der Waals surface area contributed by atoms with E-state index in [9.17, 15) is 37.4 Å². The number of alkyl halides is 3. The van der Waals surface area contributed by atoms with E-state index in [1.165, 1.54) is 13.0 Å². The van der Waals surface area contributed by atoms with Crippen molar-refractivity contribution in [3.8, 4) is 5.75 Å². The van der Waals surface area contributed by atoms with Crippen LogP contribution < -0.4 is 4.74 Å². The molecule has 2 N–H and O–H groups in total. The maximum absolute atomic E-state index is 14.7. The van der Waals surface area contributed by atoms with Crippen molar-refractivity contribution < 1.29 is 42.1 Å². The summed E-state index contributed by atoms with van der Waals surface area (Å²) < 4.78 is 60.5. The average Bonchev–Trinajstić information content (AvgIpc) is 2.79. The lowest BCUT2D eigenvalue weighted by Gasteiger charge is -2.40. The number of aryl methyl sites for hydroxylation is 1. The number of halogens is 4. The summed E-state index contributed by atoms with van der Waals surface area (Å²) in [5, 5.41) is 20.1. The van der Waals surface area contributed by atoms with Crippen LogP contribution in [-0.4, -0.2) is 28.3 Å². The highest BCUT2D eigenvalue weighted by atomic mass is 19.4. The molecule has 0 fully saturated rings. The first kappa shape index (κ1) is 24.5. The zero-order valence-corrected chi connectivity index (χ0v) is 18.6. The number of hydrogen-bond donors (Lipinski definition) is 2. The van der Waals surface area contributed by atoms with Crippen LogP contribution in [0.4, 0.5) is 17.6 Å². The van der Waals surface area contributed by atoms with Crippen LogP contribution in [0.1, 0.15) is 36.5 Å². The van der Waals surface area contributed by atoms with E-state index in [-0.39, 0.29) is 17.6 Å². The third-order valence-electron chi connectivity index (χ3n) is 6.78. The first-order chi connectivity index (χ1) is 16.4. The molecule has 1 aliphatic carbocycles. The molecule has 2 unspecified atom stereocenters. The molecule has 9 heteroatoms. The number of carboxylic acid groups (broad SMARTS) is 2. The fraction of sp³-hybridized carbons (Fsp3) is 0.308. The summed E-state index contributed by atoms with van der Waals surface area (Å²) in [4.78, 5) is 24.7. The standard InChI is InChI=1S/C26H22F4O5/c1-14-19(23(31)32)10-16(20-11-17(26(28,29)30)7-9-21(20)27)12-25(14,24(33)34)13-18-8-6-15-4-2-3-5-22(15)35-18/h2-5,7,9-12,14,18H,6,8,13H2,1H3,(H,31,32)(H,33,34)/t14?,18?,25-/m0/s1. The molecule has 0 spiro atoms. The fourth-order valence-corrected chi connectivity index (χ4v) is 4.81. The Balaban J connectivity index is 1.82. The monoisotopic (exact) mass is 490 g/mol. The largest absolute Gasteiger partial charge is 0.490 e. The highest BCUT2D eigenvalue weighted by Crippen LogP contribution is 2.48. The SMILES string of the molecule is CC1C(C(=O)O)=CC(c2cc(C(F)(F)F)ccc2F)=C[C@@]1(CC1CCc2ccccc2O1)C(=O)O. The molecule has 1 heterocycles. The van der Waals surface area contributed by atoms with Crippen LogP contribution in [0.5, 0.6) is 5.75 Å². The molecule has 0 amide bonds. The Morgan fingerprint density at radius 1 is 1.14 bits per heavy atom. The summed E-state index contributed by atoms with van der Waals surface area (Å²) in [6, 6.07) is 9.04. The van der Waals surface area contributed by atoms with Gasteiger partial charge in [0.15, 0.2) is 0 Å². The molecule has 1 aliphatic heterocycles. The van der Waals surface area contributed by atoms with E-state index in [1.54, 1.807) is 12.1 Å². The molecule has 5 nitrogen and oxygen atoms in total. The molecular weight excluding hydrogens is 468 g/mol. The maximum atomic E-state index is 14.7. The number of allylic oxidation sites excluding steroid dienone is 2. The van der Waals surface area contributed by atoms with Crippen LogP contribution in [0.15, 0.2) is 60.2 Å². The van der Waals surface area contributed by atoms with Gasteiger partial charge in [-0.2, -0.15) is 13.2 Å². The molecule has 184 valence electrons. The van der Waals surface area contributed by atoms with Gasteiger partial charge in [-0.15, -0.1) is 0 Å². The van der Waals surface area contributed by atoms with E-state index in [0.717, 1.165) is 11.6 Å². The van der Waals surface area contributed by atoms with Crippen LogP contribution in [0.3, 0.4) is 0 Å². The molecule has 0 saturated carbocycles. The molecule has 2 aromatic carbocycles. The van der Waals surface area contributed by atoms with Crippen molar-refractivity contribution in [1.82, 2.24) is 0 Å². The Morgan fingerprint density at radius 3 is 2.51 bits per heavy atom. The van der Waals surface area contributed by atoms with E-state index < -0.39 is 52.5 Å². The number of carbonyl (C=O) groups is 2. The van der Waals surface area contributed by atoms with Crippen molar-refractivity contribution in [1.29, 1.82) is 0 Å². The van der Waals surface area contributed by atoms with E-state index >= 15 is 0 Å². The zero-order valence-electron chi connectivity index (χ0n) is 18.6. The summed E-state index contributed by atoms with van der Waals surface area (Å²) >= 11 is 0. The molecule has 0 radical (unpaired) electrons. The summed E-state index contributed by atoms with van der Waals surface area (Å²) in [5.41, 5.74) is -3.12. The number of carboxylic acids is 2. The molecular formula is C26H22F4O5. The van der Waals surface area contributed by atoms with Gasteiger partial charge in [0.2, 0.25) is 0 Å². The minimum Gasteiger partial charge on any atom is -0.490 e. The lowest BCUT2D eigenvalue weighted by atomic mass is 9.64. The maximum Gasteiger partial charge on any atom is 0.416 e. The van der Waals surface area contributed by atoms with Crippen molar-refractivity contribution in [2.75, 3.05) is 0 Å². The number of benzene rings is 2. The van der Waals surface area contributed by atoms with Gasteiger partial charge in [-0.1, -0.05) is 31.2 Å². The zero-order chi connectivity index (χ0) is 25.5. The smallest absolute Gasteiger partial charge is 0.416 e. The number of aliphatic carboxylic acids is 2. The van der Waals surface area contributed by atoms with Crippen LogP contribution in [-0.2, 0) is 22.2 Å². The number of fused-ring (bicyclic) bond motifs is 1. The van der Waals surface area contributed by atoms with Gasteiger partial charge in [0.25, 0.3) is 0 Å². The van der Waals surface area contributed by atoms with Gasteiger partial charge in [-0.05, 0) is 54.3 Å². The fourth-order valence-electron chi connectivity index (χ4n) is 4.81. The average molecular weight is 490 g/mol. The van der Waals surface area contributed by atoms with Gasteiger partial charge in [-0.3, -0.25) is 4.79 Å². The van der Waals surface area contributed by atoms with Gasteiger partial charge in [-0.25, -0.2) is 9.18 Å². The summed E-state index contributed by atoms with van der Waals surface area (Å²) in [6.07, 6.45) is -2.21. The minimum absolute atomic E-state index is 0.146. The number of ether oxygens (including phenoxy) is 1. The van der Waals surface area contributed by atoms with E-state index in [1.807, 2.05) is 12.1 Å². The van der Waals surface area contributed by atoms with Crippen LogP contribution >= 0.6 is 0 Å². The van der Waals surface area contributed by atoms with E-state index in [4.69, 9.17) is 4.74 Å². The predicted molar refractivity (Wildman–Crippen MR) is 118 cm³/mol. The van der Waals surface area contributed by atoms with Crippen molar-refractivity contribution in [3.63, 3.8) is 0 Å². The quantitative estimate of drug-likeness (QED) is 0.522. The van der Waals surface area contributed by atoms with Crippen LogP contribution in [0.2, 0.25) is 0 Å². The molecule has 35 heavy (non-hydrogen) atoms. The van der Waals surface area contributed by atoms with Crippen molar-refractivity contribution >= 4 is 17.5 Å². The van der Waals surface area contributed by atoms with Gasteiger partial charge >= 0.3 is 18.1 Å². The van der Waals surface area contributed by atoms with Crippen molar-refractivity contribution in [3.05, 3.63) is 82.7 Å². The lowest BCUT2D eigenvalue weighted by molar-refractivity contribution is -0.150. The topological polar surface area (TPSA) is 83.8 Å². The summed E-state index contributed by atoms with van der Waals surface area (Å²) in [5.74, 6) is -4.30. The first-order valence-electron chi connectivity index (χ1n) is 10.9. The Morgan fingerprint density at radius 2 is 1.86 bits per heavy atom. The van der Waals surface area contributed by atoms with E-state index in [0.29, 0.717) is 36.8 Å². The molecule has 0 aromatic heterocycles. The van der Waals surface area contributed by atoms with Gasteiger partial charge in [0.05, 0.1) is 11.0 Å².